The van der Waals surface area contributed by atoms with Gasteiger partial charge in [0.1, 0.15) is 17.7 Å². The number of rotatable bonds is 9. The van der Waals surface area contributed by atoms with Gasteiger partial charge in [0.15, 0.2) is 11.6 Å². The second-order valence-corrected chi connectivity index (χ2v) is 9.09. The molecule has 5 rings (SSSR count). The summed E-state index contributed by atoms with van der Waals surface area (Å²) in [6.07, 6.45) is 3.95. The number of aromatic nitrogens is 3. The van der Waals surface area contributed by atoms with Crippen LogP contribution in [0, 0.1) is 5.82 Å². The summed E-state index contributed by atoms with van der Waals surface area (Å²) in [7, 11) is 0. The van der Waals surface area contributed by atoms with Crippen molar-refractivity contribution in [2.45, 2.75) is 26.3 Å². The molecule has 2 heterocycles. The van der Waals surface area contributed by atoms with Gasteiger partial charge >= 0.3 is 0 Å². The molecule has 6 N–H and O–H groups in total. The molecule has 3 aromatic carbocycles. The monoisotopic (exact) mass is 524 g/mol. The number of primary amides is 1. The van der Waals surface area contributed by atoms with E-state index >= 15 is 4.39 Å². The molecule has 0 saturated carbocycles. The van der Waals surface area contributed by atoms with Gasteiger partial charge < -0.3 is 26.5 Å². The van der Waals surface area contributed by atoms with Crippen LogP contribution in [0.2, 0.25) is 0 Å². The number of hydrogen-bond donors (Lipinski definition) is 4. The Balaban J connectivity index is 1.64. The molecule has 0 aliphatic rings. The Labute approximate surface area is 225 Å². The summed E-state index contributed by atoms with van der Waals surface area (Å²) in [5, 5.41) is 5.15. The normalized spacial score (nSPS) is 11.9. The Bertz CT molecular complexity index is 1670. The van der Waals surface area contributed by atoms with E-state index in [0.717, 1.165) is 22.0 Å². The lowest BCUT2D eigenvalue weighted by molar-refractivity contribution is 0.100. The third-order valence-electron chi connectivity index (χ3n) is 6.60. The Morgan fingerprint density at radius 3 is 2.69 bits per heavy atom. The van der Waals surface area contributed by atoms with E-state index in [4.69, 9.17) is 16.2 Å². The summed E-state index contributed by atoms with van der Waals surface area (Å²) in [6.45, 7) is 4.15. The number of carbonyl (C=O) groups excluding carboxylic acids is 1. The van der Waals surface area contributed by atoms with E-state index in [2.05, 4.69) is 20.3 Å². The van der Waals surface area contributed by atoms with Crippen LogP contribution < -0.4 is 21.5 Å². The molecule has 8 nitrogen and oxygen atoms in total. The highest BCUT2D eigenvalue weighted by Crippen LogP contribution is 2.35. The zero-order valence-corrected chi connectivity index (χ0v) is 21.7. The molecular weight excluding hydrogens is 495 g/mol. The maximum absolute atomic E-state index is 15.9. The van der Waals surface area contributed by atoms with Crippen molar-refractivity contribution in [3.8, 4) is 17.0 Å². The van der Waals surface area contributed by atoms with Gasteiger partial charge in [-0.05, 0) is 60.7 Å². The first-order chi connectivity index (χ1) is 18.9. The number of nitrogens with zero attached hydrogens (tertiary/aromatic N) is 2. The zero-order valence-electron chi connectivity index (χ0n) is 21.7. The molecule has 0 fully saturated rings. The lowest BCUT2D eigenvalue weighted by atomic mass is 9.99. The molecule has 0 saturated heterocycles. The molecule has 0 unspecified atom stereocenters. The van der Waals surface area contributed by atoms with Gasteiger partial charge in [0.2, 0.25) is 5.91 Å². The summed E-state index contributed by atoms with van der Waals surface area (Å²) in [5.41, 5.74) is 15.2. The SMILES string of the molecule is CCOc1cc(CC)cc([C@@H](Nc2ccc3c(N)nccc3c2)c2ncc(-c3ccccc3C(N)=O)[nH]2)c1F. The minimum Gasteiger partial charge on any atom is -0.491 e. The van der Waals surface area contributed by atoms with Crippen LogP contribution in [-0.4, -0.2) is 27.5 Å². The average Bonchev–Trinajstić information content (AvgIpc) is 3.43. The van der Waals surface area contributed by atoms with E-state index < -0.39 is 17.8 Å². The molecule has 9 heteroatoms. The predicted octanol–water partition coefficient (Wildman–Crippen LogP) is 5.61. The van der Waals surface area contributed by atoms with Crippen molar-refractivity contribution in [1.82, 2.24) is 15.0 Å². The fourth-order valence-electron chi connectivity index (χ4n) is 4.66. The molecule has 0 bridgehead atoms. The number of aryl methyl sites for hydroxylation is 1. The Morgan fingerprint density at radius 1 is 1.10 bits per heavy atom. The van der Waals surface area contributed by atoms with Crippen LogP contribution in [-0.2, 0) is 6.42 Å². The number of carbonyl (C=O) groups is 1. The Morgan fingerprint density at radius 2 is 1.92 bits per heavy atom. The number of benzene rings is 3. The summed E-state index contributed by atoms with van der Waals surface area (Å²) in [6, 6.07) is 17.3. The number of imidazole rings is 1. The standard InChI is InChI=1S/C30H29FN6O2/c1-3-17-13-23(26(31)25(14-17)39-4-2)27(36-19-9-10-20-18(15-19)11-12-34-28(20)32)30-35-16-24(37-30)21-7-5-6-8-22(21)29(33)38/h5-16,27,36H,3-4H2,1-2H3,(H2,32,34)(H2,33,38)(H,35,37)/t27-/m1/s1. The molecule has 39 heavy (non-hydrogen) atoms. The highest BCUT2D eigenvalue weighted by Gasteiger charge is 2.25. The van der Waals surface area contributed by atoms with Crippen molar-refractivity contribution in [3.05, 3.63) is 101 Å². The van der Waals surface area contributed by atoms with E-state index in [0.29, 0.717) is 47.1 Å². The first kappa shape index (κ1) is 25.7. The van der Waals surface area contributed by atoms with Gasteiger partial charge in [-0.1, -0.05) is 31.2 Å². The van der Waals surface area contributed by atoms with Crippen molar-refractivity contribution in [2.75, 3.05) is 17.7 Å². The van der Waals surface area contributed by atoms with Crippen LogP contribution >= 0.6 is 0 Å². The van der Waals surface area contributed by atoms with Crippen molar-refractivity contribution >= 4 is 28.2 Å². The molecule has 5 aromatic rings. The number of pyridine rings is 1. The molecule has 0 aliphatic heterocycles. The summed E-state index contributed by atoms with van der Waals surface area (Å²) >= 11 is 0. The second-order valence-electron chi connectivity index (χ2n) is 9.09. The molecule has 0 aliphatic carbocycles. The molecule has 2 aromatic heterocycles. The maximum Gasteiger partial charge on any atom is 0.249 e. The lowest BCUT2D eigenvalue weighted by Crippen LogP contribution is -2.17. The smallest absolute Gasteiger partial charge is 0.249 e. The maximum atomic E-state index is 15.9. The van der Waals surface area contributed by atoms with Gasteiger partial charge in [0, 0.05) is 34.0 Å². The minimum atomic E-state index is -0.721. The van der Waals surface area contributed by atoms with Crippen LogP contribution in [0.3, 0.4) is 0 Å². The number of anilines is 2. The quantitative estimate of drug-likeness (QED) is 0.198. The highest BCUT2D eigenvalue weighted by molar-refractivity contribution is 5.99. The van der Waals surface area contributed by atoms with E-state index in [-0.39, 0.29) is 5.75 Å². The number of fused-ring (bicyclic) bond motifs is 1. The molecule has 1 amide bonds. The van der Waals surface area contributed by atoms with Crippen LogP contribution in [0.1, 0.15) is 47.2 Å². The average molecular weight is 525 g/mol. The van der Waals surface area contributed by atoms with Gasteiger partial charge in [-0.25, -0.2) is 14.4 Å². The number of nitrogens with one attached hydrogen (secondary N) is 2. The number of aromatic amines is 1. The molecular formula is C30H29FN6O2. The Hall–Kier alpha value is -4.92. The Kier molecular flexibility index (Phi) is 7.14. The lowest BCUT2D eigenvalue weighted by Gasteiger charge is -2.22. The fraction of sp³-hybridized carbons (Fsp3) is 0.167. The van der Waals surface area contributed by atoms with Crippen LogP contribution in [0.4, 0.5) is 15.9 Å². The number of hydrogen-bond acceptors (Lipinski definition) is 6. The van der Waals surface area contributed by atoms with E-state index in [1.807, 2.05) is 50.2 Å². The van der Waals surface area contributed by atoms with Gasteiger partial charge in [-0.15, -0.1) is 0 Å². The minimum absolute atomic E-state index is 0.182. The third kappa shape index (κ3) is 5.11. The van der Waals surface area contributed by atoms with E-state index in [1.54, 1.807) is 36.7 Å². The summed E-state index contributed by atoms with van der Waals surface area (Å²) in [5.74, 6) is 0.0400. The predicted molar refractivity (Wildman–Crippen MR) is 151 cm³/mol. The number of ether oxygens (including phenoxy) is 1. The fourth-order valence-corrected chi connectivity index (χ4v) is 4.66. The van der Waals surface area contributed by atoms with Gasteiger partial charge in [-0.3, -0.25) is 4.79 Å². The topological polar surface area (TPSA) is 132 Å². The summed E-state index contributed by atoms with van der Waals surface area (Å²) in [4.78, 5) is 24.1. The van der Waals surface area contributed by atoms with Crippen LogP contribution in [0.15, 0.2) is 73.1 Å². The number of nitrogen functional groups attached to an aromatic ring is 1. The van der Waals surface area contributed by atoms with Crippen molar-refractivity contribution in [3.63, 3.8) is 0 Å². The van der Waals surface area contributed by atoms with Crippen LogP contribution in [0.25, 0.3) is 22.0 Å². The third-order valence-corrected chi connectivity index (χ3v) is 6.60. The number of nitrogens with two attached hydrogens (primary N) is 2. The van der Waals surface area contributed by atoms with Crippen molar-refractivity contribution in [2.24, 2.45) is 5.73 Å². The van der Waals surface area contributed by atoms with Gasteiger partial charge in [0.05, 0.1) is 18.5 Å². The molecule has 198 valence electrons. The number of amides is 1. The van der Waals surface area contributed by atoms with E-state index in [1.165, 1.54) is 0 Å². The molecule has 0 radical (unpaired) electrons. The molecule has 0 spiro atoms. The number of halogens is 1. The van der Waals surface area contributed by atoms with Crippen LogP contribution in [0.5, 0.6) is 5.75 Å². The second kappa shape index (κ2) is 10.8. The van der Waals surface area contributed by atoms with E-state index in [9.17, 15) is 4.79 Å². The largest absolute Gasteiger partial charge is 0.491 e. The van der Waals surface area contributed by atoms with Crippen molar-refractivity contribution in [1.29, 1.82) is 0 Å². The van der Waals surface area contributed by atoms with Gasteiger partial charge in [-0.2, -0.15) is 0 Å². The number of H-pyrrole nitrogens is 1. The highest BCUT2D eigenvalue weighted by atomic mass is 19.1. The van der Waals surface area contributed by atoms with Gasteiger partial charge in [0.25, 0.3) is 0 Å². The van der Waals surface area contributed by atoms with Crippen molar-refractivity contribution < 1.29 is 13.9 Å². The first-order valence-corrected chi connectivity index (χ1v) is 12.7. The summed E-state index contributed by atoms with van der Waals surface area (Å²) < 4.78 is 21.6. The first-order valence-electron chi connectivity index (χ1n) is 12.7. The molecule has 1 atom stereocenters. The zero-order chi connectivity index (χ0) is 27.5.